The van der Waals surface area contributed by atoms with Gasteiger partial charge in [0.25, 0.3) is 5.91 Å². The summed E-state index contributed by atoms with van der Waals surface area (Å²) < 4.78 is 0. The maximum atomic E-state index is 12.0. The molecule has 2 aromatic heterocycles. The maximum absolute atomic E-state index is 12.0. The SMILES string of the molecule is CCCc1ccccc1Nc1cc(Nc2ccc(N3CCN(C)CC3)cn2)ncc1C(N)=O. The minimum atomic E-state index is -0.529. The molecule has 4 N–H and O–H groups in total. The number of aryl methyl sites for hydroxylation is 1. The molecule has 1 aliphatic rings. The quantitative estimate of drug-likeness (QED) is 0.485. The first-order valence-electron chi connectivity index (χ1n) is 11.3. The standard InChI is InChI=1S/C25H31N7O/c1-3-6-18-7-4-5-8-21(18)29-22-15-24(28-17-20(22)25(26)33)30-23-10-9-19(16-27-23)32-13-11-31(2)12-14-32/h4-5,7-10,15-17H,3,6,11-14H2,1-2H3,(H2,26,33)(H2,27,28,29,30). The van der Waals surface area contributed by atoms with Gasteiger partial charge in [-0.15, -0.1) is 0 Å². The number of anilines is 5. The molecule has 8 nitrogen and oxygen atoms in total. The van der Waals surface area contributed by atoms with E-state index in [9.17, 15) is 4.79 Å². The molecule has 8 heteroatoms. The van der Waals surface area contributed by atoms with Crippen molar-refractivity contribution in [1.29, 1.82) is 0 Å². The lowest BCUT2D eigenvalue weighted by molar-refractivity contribution is 0.100. The zero-order valence-electron chi connectivity index (χ0n) is 19.2. The van der Waals surface area contributed by atoms with Crippen LogP contribution in [0.5, 0.6) is 0 Å². The summed E-state index contributed by atoms with van der Waals surface area (Å²) in [6, 6.07) is 13.9. The molecule has 0 unspecified atom stereocenters. The molecule has 172 valence electrons. The number of nitrogens with one attached hydrogen (secondary N) is 2. The van der Waals surface area contributed by atoms with E-state index in [1.807, 2.05) is 30.5 Å². The van der Waals surface area contributed by atoms with Gasteiger partial charge in [-0.3, -0.25) is 4.79 Å². The Morgan fingerprint density at radius 3 is 2.42 bits per heavy atom. The van der Waals surface area contributed by atoms with Crippen LogP contribution in [0.25, 0.3) is 0 Å². The third-order valence-electron chi connectivity index (χ3n) is 5.85. The number of likely N-dealkylation sites (N-methyl/N-ethyl adjacent to an activating group) is 1. The summed E-state index contributed by atoms with van der Waals surface area (Å²) in [6.07, 6.45) is 5.34. The second-order valence-electron chi connectivity index (χ2n) is 8.33. The van der Waals surface area contributed by atoms with E-state index in [1.165, 1.54) is 11.8 Å². The Morgan fingerprint density at radius 1 is 0.970 bits per heavy atom. The number of nitrogens with zero attached hydrogens (tertiary/aromatic N) is 4. The Kier molecular flexibility index (Phi) is 7.04. The van der Waals surface area contributed by atoms with E-state index in [-0.39, 0.29) is 0 Å². The van der Waals surface area contributed by atoms with Crippen LogP contribution < -0.4 is 21.3 Å². The number of amides is 1. The lowest BCUT2D eigenvalue weighted by Gasteiger charge is -2.33. The highest BCUT2D eigenvalue weighted by molar-refractivity contribution is 5.99. The second-order valence-corrected chi connectivity index (χ2v) is 8.33. The Labute approximate surface area is 194 Å². The van der Waals surface area contributed by atoms with Gasteiger partial charge in [0, 0.05) is 44.1 Å². The monoisotopic (exact) mass is 445 g/mol. The third kappa shape index (κ3) is 5.59. The van der Waals surface area contributed by atoms with Gasteiger partial charge in [-0.25, -0.2) is 9.97 Å². The highest BCUT2D eigenvalue weighted by Gasteiger charge is 2.15. The van der Waals surface area contributed by atoms with Crippen LogP contribution in [0.2, 0.25) is 0 Å². The molecule has 0 bridgehead atoms. The highest BCUT2D eigenvalue weighted by Crippen LogP contribution is 2.27. The predicted octanol–water partition coefficient (Wildman–Crippen LogP) is 3.77. The fraction of sp³-hybridized carbons (Fsp3) is 0.320. The van der Waals surface area contributed by atoms with Crippen molar-refractivity contribution in [2.45, 2.75) is 19.8 Å². The summed E-state index contributed by atoms with van der Waals surface area (Å²) in [5, 5.41) is 6.61. The van der Waals surface area contributed by atoms with Crippen LogP contribution in [-0.4, -0.2) is 54.0 Å². The molecule has 0 saturated carbocycles. The van der Waals surface area contributed by atoms with E-state index in [1.54, 1.807) is 6.07 Å². The van der Waals surface area contributed by atoms with Gasteiger partial charge in [0.2, 0.25) is 0 Å². The number of carbonyl (C=O) groups is 1. The van der Waals surface area contributed by atoms with Crippen LogP contribution in [0.15, 0.2) is 54.9 Å². The third-order valence-corrected chi connectivity index (χ3v) is 5.85. The molecular formula is C25H31N7O. The Morgan fingerprint density at radius 2 is 1.73 bits per heavy atom. The number of hydrogen-bond donors (Lipinski definition) is 3. The number of primary amides is 1. The summed E-state index contributed by atoms with van der Waals surface area (Å²) >= 11 is 0. The highest BCUT2D eigenvalue weighted by atomic mass is 16.1. The van der Waals surface area contributed by atoms with Gasteiger partial charge in [0.05, 0.1) is 23.1 Å². The lowest BCUT2D eigenvalue weighted by Crippen LogP contribution is -2.44. The summed E-state index contributed by atoms with van der Waals surface area (Å²) in [7, 11) is 2.14. The average Bonchev–Trinajstić information content (AvgIpc) is 2.82. The topological polar surface area (TPSA) is 99.4 Å². The first kappa shape index (κ1) is 22.5. The molecule has 4 rings (SSSR count). The molecule has 1 aromatic carbocycles. The Hall–Kier alpha value is -3.65. The molecule has 3 heterocycles. The van der Waals surface area contributed by atoms with Gasteiger partial charge < -0.3 is 26.2 Å². The molecule has 1 fully saturated rings. The molecular weight excluding hydrogens is 414 g/mol. The summed E-state index contributed by atoms with van der Waals surface area (Å²) in [4.78, 5) is 25.6. The fourth-order valence-corrected chi connectivity index (χ4v) is 3.94. The van der Waals surface area contributed by atoms with Crippen LogP contribution in [0.1, 0.15) is 29.3 Å². The minimum absolute atomic E-state index is 0.338. The van der Waals surface area contributed by atoms with Gasteiger partial charge >= 0.3 is 0 Å². The first-order valence-corrected chi connectivity index (χ1v) is 11.3. The number of hydrogen-bond acceptors (Lipinski definition) is 7. The van der Waals surface area contributed by atoms with Crippen molar-refractivity contribution in [2.75, 3.05) is 48.8 Å². The van der Waals surface area contributed by atoms with Gasteiger partial charge in [0.1, 0.15) is 11.6 Å². The van der Waals surface area contributed by atoms with Crippen molar-refractivity contribution in [3.05, 3.63) is 66.0 Å². The summed E-state index contributed by atoms with van der Waals surface area (Å²) in [6.45, 7) is 6.23. The molecule has 0 aliphatic carbocycles. The Bertz CT molecular complexity index is 1090. The lowest BCUT2D eigenvalue weighted by atomic mass is 10.1. The maximum Gasteiger partial charge on any atom is 0.252 e. The molecule has 3 aromatic rings. The van der Waals surface area contributed by atoms with Crippen molar-refractivity contribution in [2.24, 2.45) is 5.73 Å². The van der Waals surface area contributed by atoms with Crippen molar-refractivity contribution in [3.63, 3.8) is 0 Å². The second kappa shape index (κ2) is 10.3. The molecule has 0 radical (unpaired) electrons. The molecule has 0 spiro atoms. The van der Waals surface area contributed by atoms with Gasteiger partial charge in [-0.2, -0.15) is 0 Å². The number of aromatic nitrogens is 2. The average molecular weight is 446 g/mol. The van der Waals surface area contributed by atoms with Crippen LogP contribution in [0, 0.1) is 0 Å². The normalized spacial score (nSPS) is 14.2. The molecule has 1 saturated heterocycles. The van der Waals surface area contributed by atoms with Crippen molar-refractivity contribution < 1.29 is 4.79 Å². The molecule has 1 aliphatic heterocycles. The zero-order chi connectivity index (χ0) is 23.2. The number of para-hydroxylation sites is 1. The van der Waals surface area contributed by atoms with Crippen molar-refractivity contribution >= 4 is 34.6 Å². The zero-order valence-corrected chi connectivity index (χ0v) is 19.2. The minimum Gasteiger partial charge on any atom is -0.368 e. The summed E-state index contributed by atoms with van der Waals surface area (Å²) in [5.74, 6) is 0.735. The number of piperazine rings is 1. The van der Waals surface area contributed by atoms with Gasteiger partial charge in [-0.1, -0.05) is 31.5 Å². The predicted molar refractivity (Wildman–Crippen MR) is 134 cm³/mol. The Balaban J connectivity index is 1.52. The fourth-order valence-electron chi connectivity index (χ4n) is 3.94. The largest absolute Gasteiger partial charge is 0.368 e. The van der Waals surface area contributed by atoms with E-state index in [0.717, 1.165) is 50.4 Å². The van der Waals surface area contributed by atoms with E-state index in [4.69, 9.17) is 5.73 Å². The van der Waals surface area contributed by atoms with Crippen LogP contribution in [-0.2, 0) is 6.42 Å². The van der Waals surface area contributed by atoms with Gasteiger partial charge in [0.15, 0.2) is 0 Å². The van der Waals surface area contributed by atoms with E-state index in [2.05, 4.69) is 56.5 Å². The van der Waals surface area contributed by atoms with E-state index >= 15 is 0 Å². The number of rotatable bonds is 8. The first-order chi connectivity index (χ1) is 16.0. The van der Waals surface area contributed by atoms with Gasteiger partial charge in [-0.05, 0) is 37.2 Å². The van der Waals surface area contributed by atoms with E-state index in [0.29, 0.717) is 22.9 Å². The number of nitrogens with two attached hydrogens (primary N) is 1. The molecule has 1 amide bonds. The smallest absolute Gasteiger partial charge is 0.252 e. The van der Waals surface area contributed by atoms with Crippen molar-refractivity contribution in [3.8, 4) is 0 Å². The van der Waals surface area contributed by atoms with E-state index < -0.39 is 5.91 Å². The number of pyridine rings is 2. The van der Waals surface area contributed by atoms with Crippen molar-refractivity contribution in [1.82, 2.24) is 14.9 Å². The molecule has 33 heavy (non-hydrogen) atoms. The number of benzene rings is 1. The number of carbonyl (C=O) groups excluding carboxylic acids is 1. The van der Waals surface area contributed by atoms with Crippen LogP contribution in [0.4, 0.5) is 28.7 Å². The van der Waals surface area contributed by atoms with Crippen LogP contribution >= 0.6 is 0 Å². The van der Waals surface area contributed by atoms with Crippen LogP contribution in [0.3, 0.4) is 0 Å². The summed E-state index contributed by atoms with van der Waals surface area (Å²) in [5.41, 5.74) is 9.80. The molecule has 0 atom stereocenters.